The average molecular weight is 353 g/mol. The number of nitrogens with one attached hydrogen (secondary N) is 1. The van der Waals surface area contributed by atoms with Gasteiger partial charge in [0.15, 0.2) is 0 Å². The third-order valence-electron chi connectivity index (χ3n) is 3.37. The van der Waals surface area contributed by atoms with Crippen LogP contribution in [0.1, 0.15) is 36.1 Å². The second-order valence-corrected chi connectivity index (χ2v) is 6.18. The molecule has 106 valence electrons. The predicted octanol–water partition coefficient (Wildman–Crippen LogP) is 5.50. The number of benzene rings is 2. The van der Waals surface area contributed by atoms with Crippen molar-refractivity contribution in [1.29, 1.82) is 0 Å². The molecule has 20 heavy (non-hydrogen) atoms. The van der Waals surface area contributed by atoms with E-state index >= 15 is 0 Å². The molecule has 0 aliphatic carbocycles. The van der Waals surface area contributed by atoms with Crippen LogP contribution in [-0.2, 0) is 0 Å². The molecule has 0 saturated heterocycles. The largest absolute Gasteiger partial charge is 0.306 e. The molecule has 2 aromatic carbocycles. The molecule has 1 unspecified atom stereocenters. The van der Waals surface area contributed by atoms with Crippen LogP contribution in [0.4, 0.5) is 0 Å². The van der Waals surface area contributed by atoms with Crippen molar-refractivity contribution in [1.82, 2.24) is 5.32 Å². The van der Waals surface area contributed by atoms with Crippen LogP contribution in [0.25, 0.3) is 0 Å². The first-order chi connectivity index (χ1) is 9.63. The second kappa shape index (κ2) is 7.26. The smallest absolute Gasteiger partial charge is 0.0579 e. The van der Waals surface area contributed by atoms with Crippen molar-refractivity contribution in [3.8, 4) is 0 Å². The van der Waals surface area contributed by atoms with Gasteiger partial charge in [-0.3, -0.25) is 0 Å². The maximum atomic E-state index is 6.10. The summed E-state index contributed by atoms with van der Waals surface area (Å²) >= 11 is 9.61. The Kier molecular flexibility index (Phi) is 5.64. The summed E-state index contributed by atoms with van der Waals surface area (Å²) in [6.45, 7) is 5.32. The van der Waals surface area contributed by atoms with E-state index in [9.17, 15) is 0 Å². The zero-order chi connectivity index (χ0) is 14.5. The number of aryl methyl sites for hydroxylation is 1. The molecule has 0 radical (unpaired) electrons. The third-order valence-corrected chi connectivity index (χ3v) is 4.59. The van der Waals surface area contributed by atoms with Gasteiger partial charge in [-0.1, -0.05) is 48.9 Å². The SMILES string of the molecule is CCCNC(c1ccc(Cl)c(Br)c1)c1ccccc1C. The quantitative estimate of drug-likeness (QED) is 0.749. The van der Waals surface area contributed by atoms with Crippen molar-refractivity contribution in [3.05, 3.63) is 68.7 Å². The highest BCUT2D eigenvalue weighted by atomic mass is 79.9. The summed E-state index contributed by atoms with van der Waals surface area (Å²) in [5.74, 6) is 0. The number of halogens is 2. The van der Waals surface area contributed by atoms with E-state index < -0.39 is 0 Å². The fraction of sp³-hybridized carbons (Fsp3) is 0.294. The molecule has 1 nitrogen and oxygen atoms in total. The van der Waals surface area contributed by atoms with Gasteiger partial charge in [-0.25, -0.2) is 0 Å². The Labute approximate surface area is 134 Å². The third kappa shape index (κ3) is 3.63. The summed E-state index contributed by atoms with van der Waals surface area (Å²) in [6.07, 6.45) is 1.11. The van der Waals surface area contributed by atoms with Gasteiger partial charge in [0.1, 0.15) is 0 Å². The molecule has 0 bridgehead atoms. The molecule has 0 aromatic heterocycles. The van der Waals surface area contributed by atoms with E-state index in [-0.39, 0.29) is 6.04 Å². The number of rotatable bonds is 5. The van der Waals surface area contributed by atoms with Crippen LogP contribution in [0.5, 0.6) is 0 Å². The second-order valence-electron chi connectivity index (χ2n) is 4.92. The Hall–Kier alpha value is -0.830. The Morgan fingerprint density at radius 3 is 2.60 bits per heavy atom. The summed E-state index contributed by atoms with van der Waals surface area (Å²) in [4.78, 5) is 0. The summed E-state index contributed by atoms with van der Waals surface area (Å²) in [7, 11) is 0. The van der Waals surface area contributed by atoms with Gasteiger partial charge in [-0.05, 0) is 64.6 Å². The van der Waals surface area contributed by atoms with Gasteiger partial charge in [-0.15, -0.1) is 0 Å². The van der Waals surface area contributed by atoms with Gasteiger partial charge in [-0.2, -0.15) is 0 Å². The van der Waals surface area contributed by atoms with Crippen LogP contribution in [-0.4, -0.2) is 6.54 Å². The number of hydrogen-bond donors (Lipinski definition) is 1. The fourth-order valence-electron chi connectivity index (χ4n) is 2.30. The first-order valence-corrected chi connectivity index (χ1v) is 8.04. The molecule has 0 fully saturated rings. The van der Waals surface area contributed by atoms with Gasteiger partial charge in [0, 0.05) is 4.47 Å². The summed E-state index contributed by atoms with van der Waals surface area (Å²) in [5, 5.41) is 4.37. The zero-order valence-corrected chi connectivity index (χ0v) is 14.1. The lowest BCUT2D eigenvalue weighted by Gasteiger charge is -2.22. The lowest BCUT2D eigenvalue weighted by atomic mass is 9.95. The Bertz CT molecular complexity index is 583. The fourth-order valence-corrected chi connectivity index (χ4v) is 2.81. The normalized spacial score (nSPS) is 12.4. The van der Waals surface area contributed by atoms with E-state index in [1.165, 1.54) is 16.7 Å². The summed E-state index contributed by atoms with van der Waals surface area (Å²) < 4.78 is 0.938. The molecular weight excluding hydrogens is 334 g/mol. The van der Waals surface area contributed by atoms with Crippen LogP contribution in [0.15, 0.2) is 46.9 Å². The molecule has 0 saturated carbocycles. The monoisotopic (exact) mass is 351 g/mol. The molecule has 2 rings (SSSR count). The molecule has 3 heteroatoms. The highest BCUT2D eigenvalue weighted by Crippen LogP contribution is 2.30. The van der Waals surface area contributed by atoms with Crippen LogP contribution in [0.2, 0.25) is 5.02 Å². The van der Waals surface area contributed by atoms with Crippen LogP contribution in [0.3, 0.4) is 0 Å². The average Bonchev–Trinajstić information content (AvgIpc) is 2.44. The van der Waals surface area contributed by atoms with Gasteiger partial charge in [0.05, 0.1) is 11.1 Å². The number of hydrogen-bond acceptors (Lipinski definition) is 1. The van der Waals surface area contributed by atoms with Gasteiger partial charge in [0.25, 0.3) is 0 Å². The molecule has 0 aliphatic heterocycles. The van der Waals surface area contributed by atoms with Crippen molar-refractivity contribution in [2.75, 3.05) is 6.54 Å². The highest BCUT2D eigenvalue weighted by Gasteiger charge is 2.16. The van der Waals surface area contributed by atoms with E-state index in [4.69, 9.17) is 11.6 Å². The molecule has 0 spiro atoms. The van der Waals surface area contributed by atoms with E-state index in [0.717, 1.165) is 22.5 Å². The maximum absolute atomic E-state index is 6.10. The van der Waals surface area contributed by atoms with Crippen LogP contribution < -0.4 is 5.32 Å². The maximum Gasteiger partial charge on any atom is 0.0579 e. The van der Waals surface area contributed by atoms with Crippen molar-refractivity contribution >= 4 is 27.5 Å². The molecule has 0 amide bonds. The van der Waals surface area contributed by atoms with Crippen molar-refractivity contribution in [2.24, 2.45) is 0 Å². The molecule has 0 heterocycles. The summed E-state index contributed by atoms with van der Waals surface area (Å²) in [5.41, 5.74) is 3.84. The molecule has 1 N–H and O–H groups in total. The topological polar surface area (TPSA) is 12.0 Å². The van der Waals surface area contributed by atoms with Gasteiger partial charge >= 0.3 is 0 Å². The predicted molar refractivity (Wildman–Crippen MR) is 90.5 cm³/mol. The van der Waals surface area contributed by atoms with E-state index in [2.05, 4.69) is 71.5 Å². The van der Waals surface area contributed by atoms with Gasteiger partial charge < -0.3 is 5.32 Å². The minimum atomic E-state index is 0.199. The molecule has 2 aromatic rings. The Balaban J connectivity index is 2.41. The first kappa shape index (κ1) is 15.6. The van der Waals surface area contributed by atoms with Crippen LogP contribution in [0, 0.1) is 6.92 Å². The minimum absolute atomic E-state index is 0.199. The van der Waals surface area contributed by atoms with E-state index in [1.807, 2.05) is 6.07 Å². The molecule has 0 aliphatic rings. The first-order valence-electron chi connectivity index (χ1n) is 6.87. The standard InChI is InChI=1S/C17H19BrClN/c1-3-10-20-17(14-7-5-4-6-12(14)2)13-8-9-16(19)15(18)11-13/h4-9,11,17,20H,3,10H2,1-2H3. The van der Waals surface area contributed by atoms with Gasteiger partial charge in [0.2, 0.25) is 0 Å². The van der Waals surface area contributed by atoms with Crippen molar-refractivity contribution in [3.63, 3.8) is 0 Å². The summed E-state index contributed by atoms with van der Waals surface area (Å²) in [6, 6.07) is 14.8. The van der Waals surface area contributed by atoms with E-state index in [1.54, 1.807) is 0 Å². The lowest BCUT2D eigenvalue weighted by Crippen LogP contribution is -2.23. The molecule has 1 atom stereocenters. The molecular formula is C17H19BrClN. The minimum Gasteiger partial charge on any atom is -0.306 e. The lowest BCUT2D eigenvalue weighted by molar-refractivity contribution is 0.596. The van der Waals surface area contributed by atoms with E-state index in [0.29, 0.717) is 0 Å². The van der Waals surface area contributed by atoms with Crippen LogP contribution >= 0.6 is 27.5 Å². The Morgan fingerprint density at radius 2 is 1.95 bits per heavy atom. The highest BCUT2D eigenvalue weighted by molar-refractivity contribution is 9.10. The van der Waals surface area contributed by atoms with Crippen molar-refractivity contribution in [2.45, 2.75) is 26.3 Å². The van der Waals surface area contributed by atoms with Crippen molar-refractivity contribution < 1.29 is 0 Å². The Morgan fingerprint density at radius 1 is 1.20 bits per heavy atom. The zero-order valence-electron chi connectivity index (χ0n) is 11.8.